The van der Waals surface area contributed by atoms with Crippen molar-refractivity contribution in [1.82, 2.24) is 9.80 Å². The fourth-order valence-corrected chi connectivity index (χ4v) is 3.47. The Kier molecular flexibility index (Phi) is 4.93. The van der Waals surface area contributed by atoms with Gasteiger partial charge in [0.2, 0.25) is 0 Å². The maximum absolute atomic E-state index is 12.5. The monoisotopic (exact) mass is 352 g/mol. The molecule has 2 aliphatic heterocycles. The zero-order valence-electron chi connectivity index (χ0n) is 12.1. The number of amides is 1. The Balaban J connectivity index is 1.53. The van der Waals surface area contributed by atoms with Crippen molar-refractivity contribution in [2.24, 2.45) is 0 Å². The summed E-state index contributed by atoms with van der Waals surface area (Å²) < 4.78 is 6.56. The Morgan fingerprint density at radius 2 is 2.00 bits per heavy atom. The van der Waals surface area contributed by atoms with Gasteiger partial charge in [-0.1, -0.05) is 12.1 Å². The third-order valence-corrected chi connectivity index (χ3v) is 4.94. The summed E-state index contributed by atoms with van der Waals surface area (Å²) in [4.78, 5) is 16.9. The molecule has 0 saturated carbocycles. The molecule has 2 fully saturated rings. The Morgan fingerprint density at radius 1 is 1.24 bits per heavy atom. The number of ether oxygens (including phenoxy) is 1. The van der Waals surface area contributed by atoms with Crippen LogP contribution in [0.4, 0.5) is 0 Å². The SMILES string of the molecule is O=C(c1ccccc1Br)N1CCN(CC2CCCO2)CC1. The molecule has 4 nitrogen and oxygen atoms in total. The Bertz CT molecular complexity index is 495. The van der Waals surface area contributed by atoms with Crippen molar-refractivity contribution in [2.45, 2.75) is 18.9 Å². The molecule has 114 valence electrons. The van der Waals surface area contributed by atoms with E-state index in [1.807, 2.05) is 29.2 Å². The van der Waals surface area contributed by atoms with Gasteiger partial charge in [-0.25, -0.2) is 0 Å². The van der Waals surface area contributed by atoms with Crippen LogP contribution < -0.4 is 0 Å². The molecule has 1 unspecified atom stereocenters. The minimum Gasteiger partial charge on any atom is -0.377 e. The number of carbonyl (C=O) groups excluding carboxylic acids is 1. The summed E-state index contributed by atoms with van der Waals surface area (Å²) in [6.45, 7) is 5.40. The van der Waals surface area contributed by atoms with Crippen LogP contribution in [0.15, 0.2) is 28.7 Å². The van der Waals surface area contributed by atoms with Crippen molar-refractivity contribution in [2.75, 3.05) is 39.3 Å². The molecule has 1 aromatic carbocycles. The number of halogens is 1. The van der Waals surface area contributed by atoms with E-state index in [1.165, 1.54) is 12.8 Å². The molecular weight excluding hydrogens is 332 g/mol. The predicted molar refractivity (Wildman–Crippen MR) is 85.5 cm³/mol. The lowest BCUT2D eigenvalue weighted by molar-refractivity contribution is 0.0432. The van der Waals surface area contributed by atoms with Gasteiger partial charge in [0.05, 0.1) is 11.7 Å². The van der Waals surface area contributed by atoms with Crippen molar-refractivity contribution in [3.63, 3.8) is 0 Å². The third kappa shape index (κ3) is 3.65. The van der Waals surface area contributed by atoms with Crippen LogP contribution in [0.3, 0.4) is 0 Å². The summed E-state index contributed by atoms with van der Waals surface area (Å²) >= 11 is 3.46. The number of piperazine rings is 1. The molecule has 2 saturated heterocycles. The third-order valence-electron chi connectivity index (χ3n) is 4.25. The maximum Gasteiger partial charge on any atom is 0.255 e. The average Bonchev–Trinajstić information content (AvgIpc) is 3.01. The number of hydrogen-bond acceptors (Lipinski definition) is 3. The molecule has 1 atom stereocenters. The van der Waals surface area contributed by atoms with Crippen molar-refractivity contribution >= 4 is 21.8 Å². The zero-order valence-corrected chi connectivity index (χ0v) is 13.7. The highest BCUT2D eigenvalue weighted by atomic mass is 79.9. The van der Waals surface area contributed by atoms with Crippen LogP contribution in [0.2, 0.25) is 0 Å². The molecule has 5 heteroatoms. The predicted octanol–water partition coefficient (Wildman–Crippen LogP) is 2.39. The number of benzene rings is 1. The topological polar surface area (TPSA) is 32.8 Å². The lowest BCUT2D eigenvalue weighted by Crippen LogP contribution is -2.50. The van der Waals surface area contributed by atoms with E-state index in [2.05, 4.69) is 20.8 Å². The van der Waals surface area contributed by atoms with Crippen LogP contribution in [0.5, 0.6) is 0 Å². The number of rotatable bonds is 3. The van der Waals surface area contributed by atoms with E-state index in [9.17, 15) is 4.79 Å². The van der Waals surface area contributed by atoms with Crippen LogP contribution in [0, 0.1) is 0 Å². The minimum absolute atomic E-state index is 0.124. The zero-order chi connectivity index (χ0) is 14.7. The van der Waals surface area contributed by atoms with Crippen LogP contribution in [0.1, 0.15) is 23.2 Å². The second-order valence-corrected chi connectivity index (χ2v) is 6.56. The molecule has 0 aromatic heterocycles. The van der Waals surface area contributed by atoms with Gasteiger partial charge in [0.15, 0.2) is 0 Å². The van der Waals surface area contributed by atoms with Gasteiger partial charge in [0.25, 0.3) is 5.91 Å². The van der Waals surface area contributed by atoms with Crippen molar-refractivity contribution in [3.8, 4) is 0 Å². The minimum atomic E-state index is 0.124. The molecule has 2 aliphatic rings. The molecule has 0 aliphatic carbocycles. The first-order valence-electron chi connectivity index (χ1n) is 7.62. The number of hydrogen-bond donors (Lipinski definition) is 0. The second kappa shape index (κ2) is 6.90. The quantitative estimate of drug-likeness (QED) is 0.837. The van der Waals surface area contributed by atoms with Gasteiger partial charge in [0.1, 0.15) is 0 Å². The van der Waals surface area contributed by atoms with Crippen LogP contribution in [-0.4, -0.2) is 61.1 Å². The molecule has 3 rings (SSSR count). The molecule has 2 heterocycles. The average molecular weight is 353 g/mol. The smallest absolute Gasteiger partial charge is 0.255 e. The van der Waals surface area contributed by atoms with Gasteiger partial charge in [-0.15, -0.1) is 0 Å². The number of carbonyl (C=O) groups is 1. The van der Waals surface area contributed by atoms with E-state index in [4.69, 9.17) is 4.74 Å². The molecule has 0 radical (unpaired) electrons. The summed E-state index contributed by atoms with van der Waals surface area (Å²) in [6.07, 6.45) is 2.76. The van der Waals surface area contributed by atoms with Crippen LogP contribution in [-0.2, 0) is 4.74 Å². The van der Waals surface area contributed by atoms with Gasteiger partial charge >= 0.3 is 0 Å². The highest BCUT2D eigenvalue weighted by Gasteiger charge is 2.25. The van der Waals surface area contributed by atoms with Crippen LogP contribution >= 0.6 is 15.9 Å². The van der Waals surface area contributed by atoms with E-state index in [1.54, 1.807) is 0 Å². The van der Waals surface area contributed by atoms with Gasteiger partial charge in [-0.3, -0.25) is 9.69 Å². The van der Waals surface area contributed by atoms with E-state index in [0.29, 0.717) is 6.10 Å². The Labute approximate surface area is 134 Å². The molecule has 0 spiro atoms. The lowest BCUT2D eigenvalue weighted by atomic mass is 10.1. The highest BCUT2D eigenvalue weighted by Crippen LogP contribution is 2.19. The molecular formula is C16H21BrN2O2. The fourth-order valence-electron chi connectivity index (χ4n) is 3.01. The second-order valence-electron chi connectivity index (χ2n) is 5.71. The van der Waals surface area contributed by atoms with Crippen LogP contribution in [0.25, 0.3) is 0 Å². The van der Waals surface area contributed by atoms with E-state index in [-0.39, 0.29) is 5.91 Å². The molecule has 1 aromatic rings. The van der Waals surface area contributed by atoms with Crippen molar-refractivity contribution in [1.29, 1.82) is 0 Å². The summed E-state index contributed by atoms with van der Waals surface area (Å²) in [5, 5.41) is 0. The molecule has 0 N–H and O–H groups in total. The first-order chi connectivity index (χ1) is 10.2. The molecule has 21 heavy (non-hydrogen) atoms. The highest BCUT2D eigenvalue weighted by molar-refractivity contribution is 9.10. The summed E-state index contributed by atoms with van der Waals surface area (Å²) in [7, 11) is 0. The van der Waals surface area contributed by atoms with Gasteiger partial charge in [0, 0.05) is 43.8 Å². The largest absolute Gasteiger partial charge is 0.377 e. The first-order valence-corrected chi connectivity index (χ1v) is 8.41. The van der Waals surface area contributed by atoms with Crippen molar-refractivity contribution in [3.05, 3.63) is 34.3 Å². The normalized spacial score (nSPS) is 23.5. The Hall–Kier alpha value is -0.910. The molecule has 0 bridgehead atoms. The number of nitrogens with zero attached hydrogens (tertiary/aromatic N) is 2. The lowest BCUT2D eigenvalue weighted by Gasteiger charge is -2.35. The van der Waals surface area contributed by atoms with Crippen molar-refractivity contribution < 1.29 is 9.53 Å². The summed E-state index contributed by atoms with van der Waals surface area (Å²) in [5.74, 6) is 0.124. The van der Waals surface area contributed by atoms with Gasteiger partial charge in [-0.05, 0) is 40.9 Å². The van der Waals surface area contributed by atoms with Gasteiger partial charge < -0.3 is 9.64 Å². The maximum atomic E-state index is 12.5. The van der Waals surface area contributed by atoms with E-state index in [0.717, 1.165) is 49.4 Å². The molecule has 1 amide bonds. The van der Waals surface area contributed by atoms with E-state index >= 15 is 0 Å². The summed E-state index contributed by atoms with van der Waals surface area (Å²) in [6, 6.07) is 7.64. The van der Waals surface area contributed by atoms with E-state index < -0.39 is 0 Å². The fraction of sp³-hybridized carbons (Fsp3) is 0.562. The Morgan fingerprint density at radius 3 is 2.67 bits per heavy atom. The van der Waals surface area contributed by atoms with Gasteiger partial charge in [-0.2, -0.15) is 0 Å². The standard InChI is InChI=1S/C16H21BrN2O2/c17-15-6-2-1-5-14(15)16(20)19-9-7-18(8-10-19)12-13-4-3-11-21-13/h1-2,5-6,13H,3-4,7-12H2. The summed E-state index contributed by atoms with van der Waals surface area (Å²) in [5.41, 5.74) is 0.755. The first kappa shape index (κ1) is 15.0.